The maximum absolute atomic E-state index is 12.5. The van der Waals surface area contributed by atoms with Gasteiger partial charge in [-0.1, -0.05) is 30.3 Å². The van der Waals surface area contributed by atoms with Crippen molar-refractivity contribution in [2.45, 2.75) is 17.7 Å². The van der Waals surface area contributed by atoms with E-state index in [9.17, 15) is 18.0 Å². The maximum atomic E-state index is 12.5. The van der Waals surface area contributed by atoms with Crippen molar-refractivity contribution in [1.82, 2.24) is 0 Å². The number of amides is 1. The second kappa shape index (κ2) is 6.57. The first kappa shape index (κ1) is 16.4. The molecule has 5 nitrogen and oxygen atoms in total. The van der Waals surface area contributed by atoms with Gasteiger partial charge >= 0.3 is 0 Å². The molecular weight excluding hydrogens is 326 g/mol. The molecule has 2 aromatic rings. The van der Waals surface area contributed by atoms with E-state index in [0.717, 1.165) is 0 Å². The van der Waals surface area contributed by atoms with Crippen molar-refractivity contribution >= 4 is 27.2 Å². The molecule has 0 bridgehead atoms. The molecule has 2 aromatic carbocycles. The first-order chi connectivity index (χ1) is 11.5. The topological polar surface area (TPSA) is 71.5 Å². The average Bonchev–Trinajstić information content (AvgIpc) is 2.61. The summed E-state index contributed by atoms with van der Waals surface area (Å²) in [5.74, 6) is -0.524. The van der Waals surface area contributed by atoms with Crippen molar-refractivity contribution in [1.29, 1.82) is 0 Å². The Morgan fingerprint density at radius 3 is 2.42 bits per heavy atom. The highest BCUT2D eigenvalue weighted by Gasteiger charge is 2.27. The number of Topliss-reactive ketones (excluding diaryl/α,β-unsaturated/α-hetero) is 1. The van der Waals surface area contributed by atoms with Gasteiger partial charge in [-0.15, -0.1) is 0 Å². The zero-order valence-corrected chi connectivity index (χ0v) is 13.8. The zero-order valence-electron chi connectivity index (χ0n) is 13.0. The van der Waals surface area contributed by atoms with Crippen LogP contribution in [0.15, 0.2) is 59.5 Å². The summed E-state index contributed by atoms with van der Waals surface area (Å²) < 4.78 is 24.6. The highest BCUT2D eigenvalue weighted by molar-refractivity contribution is 7.91. The van der Waals surface area contributed by atoms with Crippen LogP contribution in [0.5, 0.6) is 0 Å². The summed E-state index contributed by atoms with van der Waals surface area (Å²) >= 11 is 0. The molecule has 1 aliphatic heterocycles. The van der Waals surface area contributed by atoms with Gasteiger partial charge in [-0.3, -0.25) is 9.59 Å². The summed E-state index contributed by atoms with van der Waals surface area (Å²) in [5.41, 5.74) is 1.08. The molecule has 3 rings (SSSR count). The van der Waals surface area contributed by atoms with Crippen LogP contribution in [0.3, 0.4) is 0 Å². The number of hydrogen-bond acceptors (Lipinski definition) is 4. The Morgan fingerprint density at radius 1 is 1.00 bits per heavy atom. The minimum absolute atomic E-state index is 0.00607. The second-order valence-electron chi connectivity index (χ2n) is 5.62. The molecule has 1 amide bonds. The van der Waals surface area contributed by atoms with Gasteiger partial charge < -0.3 is 4.90 Å². The highest BCUT2D eigenvalue weighted by atomic mass is 32.2. The lowest BCUT2D eigenvalue weighted by Gasteiger charge is -2.28. The number of nitrogens with zero attached hydrogens (tertiary/aromatic N) is 1. The van der Waals surface area contributed by atoms with Gasteiger partial charge in [-0.2, -0.15) is 0 Å². The van der Waals surface area contributed by atoms with Crippen molar-refractivity contribution in [3.8, 4) is 0 Å². The fourth-order valence-electron chi connectivity index (χ4n) is 2.77. The van der Waals surface area contributed by atoms with Crippen molar-refractivity contribution in [2.75, 3.05) is 17.2 Å². The van der Waals surface area contributed by atoms with Gasteiger partial charge in [0.2, 0.25) is 5.91 Å². The molecule has 1 heterocycles. The summed E-state index contributed by atoms with van der Waals surface area (Å²) in [6, 6.07) is 15.0. The number of benzene rings is 2. The first-order valence-corrected chi connectivity index (χ1v) is 9.35. The number of hydrogen-bond donors (Lipinski definition) is 0. The minimum Gasteiger partial charge on any atom is -0.311 e. The van der Waals surface area contributed by atoms with Crippen LogP contribution >= 0.6 is 0 Å². The summed E-state index contributed by atoms with van der Waals surface area (Å²) in [7, 11) is -3.50. The van der Waals surface area contributed by atoms with Gasteiger partial charge in [0.05, 0.1) is 16.3 Å². The van der Waals surface area contributed by atoms with Crippen LogP contribution in [0.4, 0.5) is 5.69 Å². The molecule has 0 fully saturated rings. The molecule has 0 radical (unpaired) electrons. The lowest BCUT2D eigenvalue weighted by molar-refractivity contribution is -0.118. The molecule has 0 atom stereocenters. The number of carbonyl (C=O) groups excluding carboxylic acids is 2. The van der Waals surface area contributed by atoms with Crippen LogP contribution in [0.1, 0.15) is 23.2 Å². The fraction of sp³-hybridized carbons (Fsp3) is 0.222. The van der Waals surface area contributed by atoms with Crippen LogP contribution in [0.25, 0.3) is 0 Å². The number of ketones is 1. The van der Waals surface area contributed by atoms with E-state index >= 15 is 0 Å². The SMILES string of the molecule is O=C1CCN(C(=O)CCS(=O)(=O)c2ccccc2)c2ccccc21. The maximum Gasteiger partial charge on any atom is 0.228 e. The molecule has 0 aliphatic carbocycles. The largest absolute Gasteiger partial charge is 0.311 e. The summed E-state index contributed by atoms with van der Waals surface area (Å²) in [5, 5.41) is 0. The molecule has 0 aromatic heterocycles. The standard InChI is InChI=1S/C18H17NO4S/c20-17-10-12-19(16-9-5-4-8-15(16)17)18(21)11-13-24(22,23)14-6-2-1-3-7-14/h1-9H,10-13H2. The Bertz CT molecular complexity index is 875. The third-order valence-corrected chi connectivity index (χ3v) is 5.78. The van der Waals surface area contributed by atoms with Gasteiger partial charge in [-0.05, 0) is 24.3 Å². The third-order valence-electron chi connectivity index (χ3n) is 4.05. The normalized spacial score (nSPS) is 14.3. The number of fused-ring (bicyclic) bond motifs is 1. The molecule has 124 valence electrons. The van der Waals surface area contributed by atoms with Gasteiger partial charge in [0.15, 0.2) is 15.6 Å². The lowest BCUT2D eigenvalue weighted by atomic mass is 10.0. The van der Waals surface area contributed by atoms with Crippen LogP contribution < -0.4 is 4.90 Å². The Labute approximate surface area is 140 Å². The average molecular weight is 343 g/mol. The van der Waals surface area contributed by atoms with Crippen molar-refractivity contribution in [3.63, 3.8) is 0 Å². The Balaban J connectivity index is 1.75. The summed E-state index contributed by atoms with van der Waals surface area (Å²) in [4.78, 5) is 26.1. The van der Waals surface area contributed by atoms with Crippen LogP contribution in [-0.2, 0) is 14.6 Å². The van der Waals surface area contributed by atoms with Crippen LogP contribution in [0, 0.1) is 0 Å². The Morgan fingerprint density at radius 2 is 1.67 bits per heavy atom. The smallest absolute Gasteiger partial charge is 0.228 e. The number of carbonyl (C=O) groups is 2. The van der Waals surface area contributed by atoms with Crippen molar-refractivity contribution < 1.29 is 18.0 Å². The summed E-state index contributed by atoms with van der Waals surface area (Å²) in [6.45, 7) is 0.292. The molecule has 0 N–H and O–H groups in total. The molecule has 0 saturated carbocycles. The van der Waals surface area contributed by atoms with Gasteiger partial charge in [0, 0.05) is 24.9 Å². The Kier molecular flexibility index (Phi) is 4.49. The number of sulfone groups is 1. The zero-order chi connectivity index (χ0) is 17.2. The third kappa shape index (κ3) is 3.23. The fourth-order valence-corrected chi connectivity index (χ4v) is 4.03. The molecule has 0 unspecified atom stereocenters. The van der Waals surface area contributed by atoms with E-state index in [2.05, 4.69) is 0 Å². The van der Waals surface area contributed by atoms with Crippen molar-refractivity contribution in [2.24, 2.45) is 0 Å². The second-order valence-corrected chi connectivity index (χ2v) is 7.73. The van der Waals surface area contributed by atoms with Crippen LogP contribution in [-0.4, -0.2) is 32.4 Å². The lowest BCUT2D eigenvalue weighted by Crippen LogP contribution is -2.38. The molecular formula is C18H17NO4S. The predicted molar refractivity (Wildman–Crippen MR) is 90.9 cm³/mol. The molecule has 0 saturated heterocycles. The summed E-state index contributed by atoms with van der Waals surface area (Å²) in [6.07, 6.45) is 0.147. The van der Waals surface area contributed by atoms with E-state index in [4.69, 9.17) is 0 Å². The van der Waals surface area contributed by atoms with Crippen LogP contribution in [0.2, 0.25) is 0 Å². The monoisotopic (exact) mass is 343 g/mol. The number of rotatable bonds is 4. The van der Waals surface area contributed by atoms with Gasteiger partial charge in [0.25, 0.3) is 0 Å². The van der Waals surface area contributed by atoms with E-state index in [1.165, 1.54) is 17.0 Å². The van der Waals surface area contributed by atoms with E-state index in [0.29, 0.717) is 17.8 Å². The van der Waals surface area contributed by atoms with Gasteiger partial charge in [-0.25, -0.2) is 8.42 Å². The quantitative estimate of drug-likeness (QED) is 0.855. The predicted octanol–water partition coefficient (Wildman–Crippen LogP) is 2.47. The molecule has 1 aliphatic rings. The molecule has 6 heteroatoms. The van der Waals surface area contributed by atoms with Crippen molar-refractivity contribution in [3.05, 3.63) is 60.2 Å². The Hall–Kier alpha value is -2.47. The number of para-hydroxylation sites is 1. The van der Waals surface area contributed by atoms with E-state index in [-0.39, 0.29) is 35.2 Å². The molecule has 24 heavy (non-hydrogen) atoms. The minimum atomic E-state index is -3.50. The van der Waals surface area contributed by atoms with E-state index < -0.39 is 9.84 Å². The number of anilines is 1. The highest BCUT2D eigenvalue weighted by Crippen LogP contribution is 2.27. The van der Waals surface area contributed by atoms with E-state index in [1.807, 2.05) is 0 Å². The van der Waals surface area contributed by atoms with E-state index in [1.54, 1.807) is 42.5 Å². The van der Waals surface area contributed by atoms with Gasteiger partial charge in [0.1, 0.15) is 0 Å². The molecule has 0 spiro atoms. The first-order valence-electron chi connectivity index (χ1n) is 7.69.